The number of benzene rings is 1. The zero-order valence-corrected chi connectivity index (χ0v) is 23.0. The fourth-order valence-electron chi connectivity index (χ4n) is 5.46. The fourth-order valence-corrected chi connectivity index (χ4v) is 5.69. The lowest BCUT2D eigenvalue weighted by atomic mass is 9.80. The Hall–Kier alpha value is -2.80. The van der Waals surface area contributed by atoms with Crippen molar-refractivity contribution in [1.82, 2.24) is 15.2 Å². The molecule has 0 spiro atoms. The molecule has 2 aliphatic rings. The number of nitrogens with one attached hydrogen (secondary N) is 2. The predicted molar refractivity (Wildman–Crippen MR) is 145 cm³/mol. The van der Waals surface area contributed by atoms with Gasteiger partial charge in [0.25, 0.3) is 11.8 Å². The minimum absolute atomic E-state index is 0.128. The van der Waals surface area contributed by atoms with E-state index in [0.717, 1.165) is 36.3 Å². The van der Waals surface area contributed by atoms with E-state index in [0.29, 0.717) is 34.9 Å². The van der Waals surface area contributed by atoms with Gasteiger partial charge in [-0.2, -0.15) is 0 Å². The third kappa shape index (κ3) is 6.56. The zero-order valence-electron chi connectivity index (χ0n) is 22.2. The summed E-state index contributed by atoms with van der Waals surface area (Å²) < 4.78 is 2.20. The second-order valence-corrected chi connectivity index (χ2v) is 12.2. The van der Waals surface area contributed by atoms with E-state index in [1.165, 1.54) is 19.3 Å². The lowest BCUT2D eigenvalue weighted by Gasteiger charge is -2.32. The molecule has 1 heterocycles. The molecule has 1 aromatic heterocycles. The molecule has 7 nitrogen and oxygen atoms in total. The summed E-state index contributed by atoms with van der Waals surface area (Å²) in [6, 6.07) is 7.10. The Balaban J connectivity index is 1.67. The summed E-state index contributed by atoms with van der Waals surface area (Å²) in [5.74, 6) is -1.06. The third-order valence-corrected chi connectivity index (χ3v) is 7.76. The van der Waals surface area contributed by atoms with Crippen LogP contribution < -0.4 is 10.6 Å². The van der Waals surface area contributed by atoms with E-state index >= 15 is 0 Å². The molecule has 0 radical (unpaired) electrons. The molecule has 0 saturated heterocycles. The molecule has 2 fully saturated rings. The molecule has 4 rings (SSSR count). The number of rotatable bonds is 7. The summed E-state index contributed by atoms with van der Waals surface area (Å²) >= 11 is 6.49. The Bertz CT molecular complexity index is 1180. The standard InChI is InChI=1S/C29H38ClN3O4/c1-17-24(27(35)31-23-13-21(14-23)28(36)37)15-25(33(17)16-18-8-6-5-7-9-18)19-10-20(12-22(30)11-19)26(34)32-29(2,3)4/h10-12,15,18,21,23H,5-9,13-14,16H2,1-4H3,(H,31,35)(H,32,34)(H,36,37). The van der Waals surface area contributed by atoms with Crippen molar-refractivity contribution in [3.63, 3.8) is 0 Å². The number of hydrogen-bond donors (Lipinski definition) is 3. The molecule has 8 heteroatoms. The van der Waals surface area contributed by atoms with Gasteiger partial charge in [0.1, 0.15) is 0 Å². The van der Waals surface area contributed by atoms with Gasteiger partial charge in [0, 0.05) is 45.7 Å². The SMILES string of the molecule is Cc1c(C(=O)NC2CC(C(=O)O)C2)cc(-c2cc(Cl)cc(C(=O)NC(C)(C)C)c2)n1CC1CCCCC1. The first-order chi connectivity index (χ1) is 17.4. The molecule has 2 amide bonds. The van der Waals surface area contributed by atoms with Gasteiger partial charge in [0.15, 0.2) is 0 Å². The average molecular weight is 528 g/mol. The normalized spacial score (nSPS) is 20.2. The van der Waals surface area contributed by atoms with Crippen LogP contribution in [0.25, 0.3) is 11.3 Å². The first-order valence-corrected chi connectivity index (χ1v) is 13.7. The van der Waals surface area contributed by atoms with Crippen molar-refractivity contribution in [2.75, 3.05) is 0 Å². The molecule has 0 atom stereocenters. The van der Waals surface area contributed by atoms with Crippen LogP contribution in [-0.2, 0) is 11.3 Å². The van der Waals surface area contributed by atoms with Gasteiger partial charge >= 0.3 is 5.97 Å². The van der Waals surface area contributed by atoms with Crippen LogP contribution in [0.15, 0.2) is 24.3 Å². The molecule has 2 aliphatic carbocycles. The molecule has 37 heavy (non-hydrogen) atoms. The monoisotopic (exact) mass is 527 g/mol. The van der Waals surface area contributed by atoms with Crippen molar-refractivity contribution < 1.29 is 19.5 Å². The van der Waals surface area contributed by atoms with E-state index in [9.17, 15) is 14.4 Å². The van der Waals surface area contributed by atoms with Crippen LogP contribution in [0.1, 0.15) is 92.1 Å². The minimum atomic E-state index is -0.810. The van der Waals surface area contributed by atoms with Gasteiger partial charge in [0.2, 0.25) is 0 Å². The number of halogens is 1. The van der Waals surface area contributed by atoms with Crippen molar-refractivity contribution in [3.05, 3.63) is 46.1 Å². The van der Waals surface area contributed by atoms with Crippen molar-refractivity contribution in [2.24, 2.45) is 11.8 Å². The van der Waals surface area contributed by atoms with E-state index in [4.69, 9.17) is 16.7 Å². The van der Waals surface area contributed by atoms with E-state index in [1.54, 1.807) is 6.07 Å². The summed E-state index contributed by atoms with van der Waals surface area (Å²) in [5.41, 5.74) is 3.18. The van der Waals surface area contributed by atoms with Crippen molar-refractivity contribution in [1.29, 1.82) is 0 Å². The first-order valence-electron chi connectivity index (χ1n) is 13.3. The van der Waals surface area contributed by atoms with Crippen LogP contribution in [0, 0.1) is 18.8 Å². The van der Waals surface area contributed by atoms with Gasteiger partial charge in [-0.25, -0.2) is 0 Å². The van der Waals surface area contributed by atoms with Gasteiger partial charge in [-0.3, -0.25) is 14.4 Å². The van der Waals surface area contributed by atoms with E-state index in [-0.39, 0.29) is 29.3 Å². The summed E-state index contributed by atoms with van der Waals surface area (Å²) in [6.07, 6.45) is 6.92. The lowest BCUT2D eigenvalue weighted by Crippen LogP contribution is -2.46. The first kappa shape index (κ1) is 27.2. The molecule has 200 valence electrons. The highest BCUT2D eigenvalue weighted by atomic mass is 35.5. The topological polar surface area (TPSA) is 100 Å². The van der Waals surface area contributed by atoms with E-state index < -0.39 is 5.97 Å². The lowest BCUT2D eigenvalue weighted by molar-refractivity contribution is -0.145. The Kier molecular flexibility index (Phi) is 8.02. The summed E-state index contributed by atoms with van der Waals surface area (Å²) in [6.45, 7) is 8.55. The second kappa shape index (κ2) is 10.9. The maximum absolute atomic E-state index is 13.3. The minimum Gasteiger partial charge on any atom is -0.481 e. The molecule has 2 saturated carbocycles. The molecule has 0 bridgehead atoms. The van der Waals surface area contributed by atoms with Gasteiger partial charge in [-0.05, 0) is 83.6 Å². The maximum atomic E-state index is 13.3. The molecular formula is C29H38ClN3O4. The highest BCUT2D eigenvalue weighted by molar-refractivity contribution is 6.31. The van der Waals surface area contributed by atoms with E-state index in [2.05, 4.69) is 15.2 Å². The number of carboxylic acid groups (broad SMARTS) is 1. The molecular weight excluding hydrogens is 490 g/mol. The fraction of sp³-hybridized carbons (Fsp3) is 0.552. The number of amides is 2. The van der Waals surface area contributed by atoms with Crippen molar-refractivity contribution >= 4 is 29.4 Å². The number of hydrogen-bond acceptors (Lipinski definition) is 3. The molecule has 3 N–H and O–H groups in total. The Morgan fingerprint density at radius 1 is 1.03 bits per heavy atom. The van der Waals surface area contributed by atoms with Crippen LogP contribution in [0.2, 0.25) is 5.02 Å². The summed E-state index contributed by atoms with van der Waals surface area (Å²) in [4.78, 5) is 37.4. The number of carbonyl (C=O) groups is 3. The Morgan fingerprint density at radius 3 is 2.32 bits per heavy atom. The van der Waals surface area contributed by atoms with Crippen LogP contribution in [0.4, 0.5) is 0 Å². The summed E-state index contributed by atoms with van der Waals surface area (Å²) in [5, 5.41) is 15.6. The van der Waals surface area contributed by atoms with Crippen molar-refractivity contribution in [3.8, 4) is 11.3 Å². The van der Waals surface area contributed by atoms with Gasteiger partial charge in [0.05, 0.1) is 11.5 Å². The number of aliphatic carboxylic acids is 1. The van der Waals surface area contributed by atoms with E-state index in [1.807, 2.05) is 45.9 Å². The highest BCUT2D eigenvalue weighted by Gasteiger charge is 2.36. The van der Waals surface area contributed by atoms with Crippen LogP contribution in [0.3, 0.4) is 0 Å². The van der Waals surface area contributed by atoms with Gasteiger partial charge < -0.3 is 20.3 Å². The van der Waals surface area contributed by atoms with Crippen molar-refractivity contribution in [2.45, 2.75) is 90.8 Å². The third-order valence-electron chi connectivity index (χ3n) is 7.54. The van der Waals surface area contributed by atoms with Crippen LogP contribution >= 0.6 is 11.6 Å². The average Bonchev–Trinajstić information content (AvgIpc) is 3.11. The Labute approximate surface area is 224 Å². The second-order valence-electron chi connectivity index (χ2n) is 11.8. The smallest absolute Gasteiger partial charge is 0.306 e. The van der Waals surface area contributed by atoms with Gasteiger partial charge in [-0.1, -0.05) is 30.9 Å². The summed E-state index contributed by atoms with van der Waals surface area (Å²) in [7, 11) is 0. The molecule has 2 aromatic rings. The number of carbonyl (C=O) groups excluding carboxylic acids is 2. The largest absolute Gasteiger partial charge is 0.481 e. The molecule has 0 unspecified atom stereocenters. The Morgan fingerprint density at radius 2 is 1.70 bits per heavy atom. The maximum Gasteiger partial charge on any atom is 0.306 e. The molecule has 1 aromatic carbocycles. The highest BCUT2D eigenvalue weighted by Crippen LogP contribution is 2.34. The number of aromatic nitrogens is 1. The van der Waals surface area contributed by atoms with Crippen LogP contribution in [-0.4, -0.2) is 39.0 Å². The predicted octanol–water partition coefficient (Wildman–Crippen LogP) is 5.82. The van der Waals surface area contributed by atoms with Crippen LogP contribution in [0.5, 0.6) is 0 Å². The number of carboxylic acids is 1. The quantitative estimate of drug-likeness (QED) is 0.422. The van der Waals surface area contributed by atoms with Gasteiger partial charge in [-0.15, -0.1) is 0 Å². The molecule has 0 aliphatic heterocycles. The number of nitrogens with zero attached hydrogens (tertiary/aromatic N) is 1. The zero-order chi connectivity index (χ0) is 26.9.